The van der Waals surface area contributed by atoms with Crippen LogP contribution in [0.1, 0.15) is 11.1 Å². The number of nitrogens with one attached hydrogen (secondary N) is 2. The molecule has 2 N–H and O–H groups in total. The molecule has 4 aromatic rings. The van der Waals surface area contributed by atoms with Gasteiger partial charge >= 0.3 is 0 Å². The van der Waals surface area contributed by atoms with Gasteiger partial charge < -0.3 is 10.1 Å². The van der Waals surface area contributed by atoms with Crippen LogP contribution < -0.4 is 15.5 Å². The third-order valence-corrected chi connectivity index (χ3v) is 6.06. The molecule has 0 radical (unpaired) electrons. The van der Waals surface area contributed by atoms with Gasteiger partial charge in [-0.15, -0.1) is 0 Å². The fourth-order valence-electron chi connectivity index (χ4n) is 3.30. The number of amides is 1. The number of benzene rings is 4. The normalized spacial score (nSPS) is 11.0. The molecule has 0 saturated carbocycles. The van der Waals surface area contributed by atoms with E-state index in [9.17, 15) is 4.79 Å². The van der Waals surface area contributed by atoms with E-state index in [0.717, 1.165) is 36.5 Å². The number of ether oxygens (including phenoxy) is 1. The van der Waals surface area contributed by atoms with Gasteiger partial charge in [-0.25, -0.2) is 5.43 Å². The van der Waals surface area contributed by atoms with Gasteiger partial charge in [-0.1, -0.05) is 66.7 Å². The summed E-state index contributed by atoms with van der Waals surface area (Å²) in [6.07, 6.45) is 1.59. The number of anilines is 1. The summed E-state index contributed by atoms with van der Waals surface area (Å²) in [5.74, 6) is 0.472. The molecule has 0 saturated heterocycles. The fourth-order valence-corrected chi connectivity index (χ4v) is 4.75. The second-order valence-electron chi connectivity index (χ2n) is 7.26. The minimum absolute atomic E-state index is 0.116. The van der Waals surface area contributed by atoms with Crippen molar-refractivity contribution in [1.82, 2.24) is 5.43 Å². The first-order valence-corrected chi connectivity index (χ1v) is 11.9. The van der Waals surface area contributed by atoms with E-state index >= 15 is 0 Å². The first-order valence-electron chi connectivity index (χ1n) is 10.3. The Balaban J connectivity index is 1.32. The summed E-state index contributed by atoms with van der Waals surface area (Å²) in [5, 5.41) is 9.44. The lowest BCUT2D eigenvalue weighted by atomic mass is 10.1. The average molecular weight is 567 g/mol. The molecule has 0 aromatic heterocycles. The van der Waals surface area contributed by atoms with Crippen molar-refractivity contribution < 1.29 is 9.53 Å². The molecule has 0 fully saturated rings. The predicted molar refractivity (Wildman–Crippen MR) is 141 cm³/mol. The molecule has 4 rings (SSSR count). The summed E-state index contributed by atoms with van der Waals surface area (Å²) in [6.45, 7) is 0.580. The highest BCUT2D eigenvalue weighted by Crippen LogP contribution is 2.35. The minimum Gasteiger partial charge on any atom is -0.487 e. The third-order valence-electron chi connectivity index (χ3n) is 4.88. The summed E-state index contributed by atoms with van der Waals surface area (Å²) >= 11 is 7.10. The van der Waals surface area contributed by atoms with E-state index in [1.165, 1.54) is 0 Å². The first-order chi connectivity index (χ1) is 16.1. The SMILES string of the molecule is O=C(CNc1cccc2ccccc12)N/N=C\c1cc(Br)c(OCc2ccccc2)c(Br)c1. The van der Waals surface area contributed by atoms with E-state index in [1.54, 1.807) is 6.21 Å². The second kappa shape index (κ2) is 11.1. The number of halogens is 2. The molecule has 0 aliphatic heterocycles. The molecule has 0 unspecified atom stereocenters. The van der Waals surface area contributed by atoms with Gasteiger partial charge in [-0.2, -0.15) is 5.10 Å². The molecular formula is C26H21Br2N3O2. The lowest BCUT2D eigenvalue weighted by molar-refractivity contribution is -0.119. The molecule has 33 heavy (non-hydrogen) atoms. The highest BCUT2D eigenvalue weighted by atomic mass is 79.9. The standard InChI is InChI=1S/C26H21Br2N3O2/c27-22-13-19(14-23(28)26(22)33-17-18-7-2-1-3-8-18)15-30-31-25(32)16-29-24-12-6-10-20-9-4-5-11-21(20)24/h1-15,29H,16-17H2,(H,31,32)/b30-15-. The van der Waals surface area contributed by atoms with Crippen molar-refractivity contribution in [3.63, 3.8) is 0 Å². The maximum Gasteiger partial charge on any atom is 0.259 e. The van der Waals surface area contributed by atoms with E-state index in [4.69, 9.17) is 4.74 Å². The van der Waals surface area contributed by atoms with E-state index < -0.39 is 0 Å². The number of fused-ring (bicyclic) bond motifs is 1. The number of nitrogens with zero attached hydrogens (tertiary/aromatic N) is 1. The quantitative estimate of drug-likeness (QED) is 0.189. The summed E-state index contributed by atoms with van der Waals surface area (Å²) in [6, 6.07) is 27.7. The van der Waals surface area contributed by atoms with Gasteiger partial charge in [0.1, 0.15) is 12.4 Å². The van der Waals surface area contributed by atoms with Gasteiger partial charge in [0.2, 0.25) is 0 Å². The van der Waals surface area contributed by atoms with Crippen LogP contribution in [0.3, 0.4) is 0 Å². The Morgan fingerprint density at radius 3 is 2.39 bits per heavy atom. The van der Waals surface area contributed by atoms with Gasteiger partial charge in [-0.05, 0) is 66.6 Å². The average Bonchev–Trinajstić information content (AvgIpc) is 2.83. The Kier molecular flexibility index (Phi) is 7.75. The lowest BCUT2D eigenvalue weighted by Gasteiger charge is -2.11. The van der Waals surface area contributed by atoms with E-state index in [1.807, 2.05) is 84.9 Å². The van der Waals surface area contributed by atoms with Crippen LogP contribution in [0, 0.1) is 0 Å². The van der Waals surface area contributed by atoms with Crippen LogP contribution in [0.4, 0.5) is 5.69 Å². The Labute approximate surface area is 209 Å². The van der Waals surface area contributed by atoms with Crippen LogP contribution in [0.25, 0.3) is 10.8 Å². The minimum atomic E-state index is -0.236. The Bertz CT molecular complexity index is 1260. The van der Waals surface area contributed by atoms with Crippen molar-refractivity contribution in [2.24, 2.45) is 5.10 Å². The molecule has 0 bridgehead atoms. The molecule has 1 amide bonds. The van der Waals surface area contributed by atoms with Gasteiger partial charge in [0.25, 0.3) is 5.91 Å². The van der Waals surface area contributed by atoms with Gasteiger partial charge in [0.15, 0.2) is 0 Å². The van der Waals surface area contributed by atoms with Crippen molar-refractivity contribution in [2.45, 2.75) is 6.61 Å². The van der Waals surface area contributed by atoms with E-state index in [0.29, 0.717) is 12.4 Å². The number of carbonyl (C=O) groups is 1. The zero-order valence-corrected chi connectivity index (χ0v) is 20.8. The highest BCUT2D eigenvalue weighted by molar-refractivity contribution is 9.11. The van der Waals surface area contributed by atoms with Crippen molar-refractivity contribution >= 4 is 60.4 Å². The maximum absolute atomic E-state index is 12.2. The summed E-state index contributed by atoms with van der Waals surface area (Å²) in [7, 11) is 0. The zero-order chi connectivity index (χ0) is 23.0. The number of rotatable bonds is 8. The summed E-state index contributed by atoms with van der Waals surface area (Å²) in [4.78, 5) is 12.2. The second-order valence-corrected chi connectivity index (χ2v) is 8.97. The van der Waals surface area contributed by atoms with Crippen LogP contribution in [0.2, 0.25) is 0 Å². The Morgan fingerprint density at radius 2 is 1.61 bits per heavy atom. The fraction of sp³-hybridized carbons (Fsp3) is 0.0769. The zero-order valence-electron chi connectivity index (χ0n) is 17.6. The summed E-state index contributed by atoms with van der Waals surface area (Å²) < 4.78 is 7.52. The van der Waals surface area contributed by atoms with Crippen LogP contribution in [0.5, 0.6) is 5.75 Å². The largest absolute Gasteiger partial charge is 0.487 e. The number of hydrazone groups is 1. The first kappa shape index (κ1) is 23.0. The van der Waals surface area contributed by atoms with E-state index in [-0.39, 0.29) is 12.5 Å². The molecule has 166 valence electrons. The summed E-state index contributed by atoms with van der Waals surface area (Å²) in [5.41, 5.74) is 5.36. The molecule has 0 atom stereocenters. The number of hydrogen-bond donors (Lipinski definition) is 2. The molecule has 0 heterocycles. The predicted octanol–water partition coefficient (Wildman–Crippen LogP) is 6.51. The molecule has 5 nitrogen and oxygen atoms in total. The number of carbonyl (C=O) groups excluding carboxylic acids is 1. The molecule has 7 heteroatoms. The van der Waals surface area contributed by atoms with Crippen molar-refractivity contribution in [3.8, 4) is 5.75 Å². The van der Waals surface area contributed by atoms with Crippen molar-refractivity contribution in [2.75, 3.05) is 11.9 Å². The maximum atomic E-state index is 12.2. The smallest absolute Gasteiger partial charge is 0.259 e. The molecule has 0 spiro atoms. The molecule has 0 aliphatic rings. The highest BCUT2D eigenvalue weighted by Gasteiger charge is 2.09. The number of hydrogen-bond acceptors (Lipinski definition) is 4. The van der Waals surface area contributed by atoms with Crippen LogP contribution in [-0.2, 0) is 11.4 Å². The van der Waals surface area contributed by atoms with Gasteiger partial charge in [0, 0.05) is 11.1 Å². The third kappa shape index (κ3) is 6.21. The Hall–Kier alpha value is -3.16. The van der Waals surface area contributed by atoms with Gasteiger partial charge in [-0.3, -0.25) is 4.79 Å². The van der Waals surface area contributed by atoms with Crippen LogP contribution in [0.15, 0.2) is 99.0 Å². The molecular weight excluding hydrogens is 546 g/mol. The monoisotopic (exact) mass is 565 g/mol. The molecule has 4 aromatic carbocycles. The van der Waals surface area contributed by atoms with Crippen molar-refractivity contribution in [1.29, 1.82) is 0 Å². The van der Waals surface area contributed by atoms with Crippen LogP contribution in [-0.4, -0.2) is 18.7 Å². The van der Waals surface area contributed by atoms with Crippen LogP contribution >= 0.6 is 31.9 Å². The topological polar surface area (TPSA) is 62.7 Å². The lowest BCUT2D eigenvalue weighted by Crippen LogP contribution is -2.25. The van der Waals surface area contributed by atoms with Crippen molar-refractivity contribution in [3.05, 3.63) is 105 Å². The van der Waals surface area contributed by atoms with E-state index in [2.05, 4.69) is 47.7 Å². The molecule has 0 aliphatic carbocycles. The Morgan fingerprint density at radius 1 is 0.909 bits per heavy atom. The van der Waals surface area contributed by atoms with Gasteiger partial charge in [0.05, 0.1) is 21.7 Å².